The van der Waals surface area contributed by atoms with Crippen molar-refractivity contribution in [1.29, 1.82) is 0 Å². The Morgan fingerprint density at radius 2 is 1.96 bits per heavy atom. The van der Waals surface area contributed by atoms with Crippen molar-refractivity contribution in [1.82, 2.24) is 14.8 Å². The number of carbonyl (C=O) groups is 1. The van der Waals surface area contributed by atoms with Crippen LogP contribution in [0.25, 0.3) is 10.7 Å². The summed E-state index contributed by atoms with van der Waals surface area (Å²) in [5, 5.41) is 11.5. The summed E-state index contributed by atoms with van der Waals surface area (Å²) in [6.45, 7) is 0. The van der Waals surface area contributed by atoms with Crippen LogP contribution in [-0.2, 0) is 11.8 Å². The molecular formula is C19H20N4OS2. The predicted molar refractivity (Wildman–Crippen MR) is 107 cm³/mol. The zero-order valence-corrected chi connectivity index (χ0v) is 16.4. The number of amides is 1. The van der Waals surface area contributed by atoms with Gasteiger partial charge in [-0.1, -0.05) is 36.0 Å². The minimum Gasteiger partial charge on any atom is -0.314 e. The van der Waals surface area contributed by atoms with Crippen LogP contribution in [0.3, 0.4) is 0 Å². The number of thioether (sulfide) groups is 1. The summed E-state index contributed by atoms with van der Waals surface area (Å²) in [6, 6.07) is 13.8. The highest BCUT2D eigenvalue weighted by atomic mass is 32.2. The fourth-order valence-corrected chi connectivity index (χ4v) is 5.25. The van der Waals surface area contributed by atoms with Crippen molar-refractivity contribution >= 4 is 34.7 Å². The summed E-state index contributed by atoms with van der Waals surface area (Å²) < 4.78 is 1.55. The van der Waals surface area contributed by atoms with Crippen molar-refractivity contribution in [2.45, 2.75) is 29.2 Å². The van der Waals surface area contributed by atoms with Crippen molar-refractivity contribution in [3.8, 4) is 10.7 Å². The van der Waals surface area contributed by atoms with Crippen molar-refractivity contribution < 1.29 is 4.79 Å². The van der Waals surface area contributed by atoms with Crippen LogP contribution in [0.4, 0.5) is 5.69 Å². The molecule has 0 bridgehead atoms. The number of thiophene rings is 1. The Bertz CT molecular complexity index is 901. The quantitative estimate of drug-likeness (QED) is 0.661. The Balaban J connectivity index is 1.59. The van der Waals surface area contributed by atoms with E-state index in [0.29, 0.717) is 0 Å². The van der Waals surface area contributed by atoms with Gasteiger partial charge in [-0.25, -0.2) is 0 Å². The van der Waals surface area contributed by atoms with Gasteiger partial charge in [-0.3, -0.25) is 4.79 Å². The van der Waals surface area contributed by atoms with Gasteiger partial charge in [0, 0.05) is 19.8 Å². The first-order valence-corrected chi connectivity index (χ1v) is 10.3. The van der Waals surface area contributed by atoms with Gasteiger partial charge in [0.05, 0.1) is 4.88 Å². The highest BCUT2D eigenvalue weighted by Gasteiger charge is 2.48. The molecule has 0 aliphatic heterocycles. The van der Waals surface area contributed by atoms with Crippen molar-refractivity contribution in [2.75, 3.05) is 11.9 Å². The Kier molecular flexibility index (Phi) is 4.58. The Hall–Kier alpha value is -2.12. The van der Waals surface area contributed by atoms with E-state index in [1.165, 1.54) is 0 Å². The average Bonchev–Trinajstić information content (AvgIpc) is 3.28. The molecule has 134 valence electrons. The normalized spacial score (nSPS) is 15.5. The molecular weight excluding hydrogens is 364 g/mol. The summed E-state index contributed by atoms with van der Waals surface area (Å²) in [5.74, 6) is 0.987. The third kappa shape index (κ3) is 2.95. The Labute approximate surface area is 161 Å². The van der Waals surface area contributed by atoms with E-state index in [2.05, 4.69) is 10.2 Å². The molecule has 1 saturated carbocycles. The first kappa shape index (κ1) is 17.3. The third-order valence-corrected chi connectivity index (χ3v) is 7.24. The summed E-state index contributed by atoms with van der Waals surface area (Å²) in [5.41, 5.74) is 0.918. The van der Waals surface area contributed by atoms with Gasteiger partial charge in [0.15, 0.2) is 11.0 Å². The van der Waals surface area contributed by atoms with Crippen molar-refractivity contribution in [3.63, 3.8) is 0 Å². The largest absolute Gasteiger partial charge is 0.314 e. The number of anilines is 1. The average molecular weight is 385 g/mol. The number of nitrogens with zero attached hydrogens (tertiary/aromatic N) is 4. The van der Waals surface area contributed by atoms with Crippen molar-refractivity contribution in [3.05, 3.63) is 47.8 Å². The van der Waals surface area contributed by atoms with Gasteiger partial charge < -0.3 is 9.47 Å². The van der Waals surface area contributed by atoms with E-state index in [-0.39, 0.29) is 5.91 Å². The number of benzene rings is 1. The topological polar surface area (TPSA) is 51.0 Å². The van der Waals surface area contributed by atoms with Gasteiger partial charge in [-0.2, -0.15) is 0 Å². The Morgan fingerprint density at radius 1 is 1.19 bits per heavy atom. The van der Waals surface area contributed by atoms with Gasteiger partial charge in [0.25, 0.3) is 0 Å². The molecule has 3 aromatic rings. The highest BCUT2D eigenvalue weighted by molar-refractivity contribution is 8.01. The van der Waals surface area contributed by atoms with E-state index in [0.717, 1.165) is 40.8 Å². The standard InChI is InChI=1S/C19H20N4OS2/c1-22(14-8-4-3-5-9-14)17(24)19(11-7-12-19)26-18-21-20-16(23(18)2)15-10-6-13-25-15/h3-6,8-10,13H,7,11-12H2,1-2H3. The van der Waals surface area contributed by atoms with E-state index in [4.69, 9.17) is 0 Å². The summed E-state index contributed by atoms with van der Waals surface area (Å²) in [4.78, 5) is 16.1. The number of rotatable bonds is 5. The molecule has 0 saturated heterocycles. The maximum atomic E-state index is 13.2. The lowest BCUT2D eigenvalue weighted by Gasteiger charge is -2.41. The molecule has 7 heteroatoms. The van der Waals surface area contributed by atoms with Crippen molar-refractivity contribution in [2.24, 2.45) is 7.05 Å². The second kappa shape index (κ2) is 6.89. The Morgan fingerprint density at radius 3 is 2.58 bits per heavy atom. The second-order valence-electron chi connectivity index (χ2n) is 6.49. The molecule has 0 spiro atoms. The first-order valence-electron chi connectivity index (χ1n) is 8.56. The molecule has 1 amide bonds. The van der Waals surface area contributed by atoms with Gasteiger partial charge >= 0.3 is 0 Å². The van der Waals surface area contributed by atoms with Gasteiger partial charge in [0.2, 0.25) is 5.91 Å². The number of para-hydroxylation sites is 1. The minimum absolute atomic E-state index is 0.139. The lowest BCUT2D eigenvalue weighted by atomic mass is 9.83. The van der Waals surface area contributed by atoms with Gasteiger partial charge in [-0.05, 0) is 42.8 Å². The van der Waals surface area contributed by atoms with Crippen LogP contribution >= 0.6 is 23.1 Å². The van der Waals surface area contributed by atoms with Crippen LogP contribution in [0.2, 0.25) is 0 Å². The molecule has 1 aliphatic rings. The molecule has 1 fully saturated rings. The third-order valence-electron chi connectivity index (χ3n) is 4.86. The van der Waals surface area contributed by atoms with Crippen LogP contribution in [-0.4, -0.2) is 32.5 Å². The lowest BCUT2D eigenvalue weighted by molar-refractivity contribution is -0.122. The molecule has 0 radical (unpaired) electrons. The summed E-state index contributed by atoms with van der Waals surface area (Å²) in [6.07, 6.45) is 2.81. The fourth-order valence-electron chi connectivity index (χ4n) is 3.13. The predicted octanol–water partition coefficient (Wildman–Crippen LogP) is 4.22. The maximum absolute atomic E-state index is 13.2. The molecule has 2 heterocycles. The lowest BCUT2D eigenvalue weighted by Crippen LogP contribution is -2.50. The van der Waals surface area contributed by atoms with Crippen LogP contribution in [0, 0.1) is 0 Å². The molecule has 5 nitrogen and oxygen atoms in total. The molecule has 1 aromatic carbocycles. The van der Waals surface area contributed by atoms with E-state index in [9.17, 15) is 4.79 Å². The molecule has 4 rings (SSSR count). The van der Waals surface area contributed by atoms with Crippen LogP contribution < -0.4 is 4.90 Å². The minimum atomic E-state index is -0.446. The maximum Gasteiger partial charge on any atom is 0.243 e. The molecule has 2 aromatic heterocycles. The highest BCUT2D eigenvalue weighted by Crippen LogP contribution is 2.49. The van der Waals surface area contributed by atoms with Gasteiger partial charge in [-0.15, -0.1) is 21.5 Å². The molecule has 0 unspecified atom stereocenters. The van der Waals surface area contributed by atoms with Gasteiger partial charge in [0.1, 0.15) is 4.75 Å². The zero-order chi connectivity index (χ0) is 18.1. The number of aromatic nitrogens is 3. The zero-order valence-electron chi connectivity index (χ0n) is 14.8. The first-order chi connectivity index (χ1) is 12.6. The SMILES string of the molecule is CN(C(=O)C1(Sc2nnc(-c3cccs3)n2C)CCC1)c1ccccc1. The summed E-state index contributed by atoms with van der Waals surface area (Å²) in [7, 11) is 3.82. The van der Waals surface area contributed by atoms with Crippen LogP contribution in [0.1, 0.15) is 19.3 Å². The van der Waals surface area contributed by atoms with E-state index in [1.54, 1.807) is 28.0 Å². The molecule has 26 heavy (non-hydrogen) atoms. The number of hydrogen-bond donors (Lipinski definition) is 0. The molecule has 1 aliphatic carbocycles. The summed E-state index contributed by atoms with van der Waals surface area (Å²) >= 11 is 3.20. The monoisotopic (exact) mass is 384 g/mol. The molecule has 0 atom stereocenters. The van der Waals surface area contributed by atoms with Crippen LogP contribution in [0.15, 0.2) is 53.0 Å². The number of carbonyl (C=O) groups excluding carboxylic acids is 1. The smallest absolute Gasteiger partial charge is 0.243 e. The van der Waals surface area contributed by atoms with E-state index >= 15 is 0 Å². The second-order valence-corrected chi connectivity index (χ2v) is 8.79. The molecule has 0 N–H and O–H groups in total. The van der Waals surface area contributed by atoms with E-state index < -0.39 is 4.75 Å². The van der Waals surface area contributed by atoms with E-state index in [1.807, 2.05) is 66.5 Å². The fraction of sp³-hybridized carbons (Fsp3) is 0.316. The van der Waals surface area contributed by atoms with Crippen LogP contribution in [0.5, 0.6) is 0 Å². The number of hydrogen-bond acceptors (Lipinski definition) is 5.